The number of anilines is 1. The number of rotatable bonds is 8. The summed E-state index contributed by atoms with van der Waals surface area (Å²) in [5.41, 5.74) is 2.83. The fraction of sp³-hybridized carbons (Fsp3) is 0.300. The van der Waals surface area contributed by atoms with Gasteiger partial charge < -0.3 is 10.2 Å². The minimum Gasteiger partial charge on any atom is -0.315 e. The van der Waals surface area contributed by atoms with Gasteiger partial charge in [-0.15, -0.1) is 0 Å². The number of carbonyl (C=O) groups excluding carboxylic acids is 1. The van der Waals surface area contributed by atoms with Gasteiger partial charge in [-0.2, -0.15) is 0 Å². The van der Waals surface area contributed by atoms with Gasteiger partial charge in [0.2, 0.25) is 0 Å². The van der Waals surface area contributed by atoms with Gasteiger partial charge in [-0.1, -0.05) is 68.2 Å². The molecule has 3 aromatic carbocycles. The summed E-state index contributed by atoms with van der Waals surface area (Å²) in [5.74, 6) is 0.863. The van der Waals surface area contributed by atoms with Crippen molar-refractivity contribution in [3.8, 4) is 5.69 Å². The van der Waals surface area contributed by atoms with Crippen molar-refractivity contribution in [3.05, 3.63) is 98.5 Å². The first-order chi connectivity index (χ1) is 18.2. The molecule has 1 aromatic heterocycles. The van der Waals surface area contributed by atoms with Crippen LogP contribution in [0.4, 0.5) is 10.5 Å². The van der Waals surface area contributed by atoms with E-state index in [9.17, 15) is 9.59 Å². The molecule has 8 heteroatoms. The van der Waals surface area contributed by atoms with E-state index in [-0.39, 0.29) is 11.6 Å². The van der Waals surface area contributed by atoms with Crippen LogP contribution in [0.2, 0.25) is 10.0 Å². The Morgan fingerprint density at radius 1 is 1.00 bits per heavy atom. The molecule has 198 valence electrons. The van der Waals surface area contributed by atoms with E-state index in [0.29, 0.717) is 50.6 Å². The van der Waals surface area contributed by atoms with Gasteiger partial charge in [-0.05, 0) is 73.7 Å². The first kappa shape index (κ1) is 27.7. The molecular weight excluding hydrogens is 519 g/mol. The zero-order valence-electron chi connectivity index (χ0n) is 22.0. The zero-order valence-corrected chi connectivity index (χ0v) is 23.6. The second-order valence-electron chi connectivity index (χ2n) is 9.76. The van der Waals surface area contributed by atoms with Gasteiger partial charge in [0.05, 0.1) is 32.7 Å². The number of fused-ring (bicyclic) bond motifs is 1. The van der Waals surface area contributed by atoms with Gasteiger partial charge in [0.1, 0.15) is 5.82 Å². The molecule has 1 heterocycles. The molecule has 1 atom stereocenters. The van der Waals surface area contributed by atoms with E-state index in [1.165, 1.54) is 5.56 Å². The first-order valence-corrected chi connectivity index (χ1v) is 13.6. The van der Waals surface area contributed by atoms with Crippen LogP contribution in [0.1, 0.15) is 51.5 Å². The fourth-order valence-corrected chi connectivity index (χ4v) is 4.64. The number of amides is 2. The summed E-state index contributed by atoms with van der Waals surface area (Å²) in [7, 11) is 0. The van der Waals surface area contributed by atoms with Gasteiger partial charge in [-0.25, -0.2) is 9.78 Å². The van der Waals surface area contributed by atoms with Crippen molar-refractivity contribution in [1.29, 1.82) is 0 Å². The molecule has 6 nitrogen and oxygen atoms in total. The van der Waals surface area contributed by atoms with Crippen molar-refractivity contribution in [2.45, 2.75) is 46.6 Å². The number of benzene rings is 3. The summed E-state index contributed by atoms with van der Waals surface area (Å²) in [4.78, 5) is 34.1. The average molecular weight is 552 g/mol. The maximum absolute atomic E-state index is 13.8. The lowest BCUT2D eigenvalue weighted by Gasteiger charge is -2.31. The zero-order chi connectivity index (χ0) is 27.4. The van der Waals surface area contributed by atoms with Crippen LogP contribution in [0.5, 0.6) is 0 Å². The SMILES string of the molecule is CCc1ccc(-n2c(C(C)N(CCC(C)C)C(=O)Nc3ccc(Cl)c(Cl)c3)nc3ccccc3c2=O)cc1. The highest BCUT2D eigenvalue weighted by molar-refractivity contribution is 6.42. The number of hydrogen-bond donors (Lipinski definition) is 1. The van der Waals surface area contributed by atoms with Crippen LogP contribution in [0.15, 0.2) is 71.5 Å². The minimum absolute atomic E-state index is 0.171. The molecule has 0 saturated carbocycles. The molecule has 0 bridgehead atoms. The fourth-order valence-electron chi connectivity index (χ4n) is 4.34. The molecule has 2 amide bonds. The summed E-state index contributed by atoms with van der Waals surface area (Å²) in [6.07, 6.45) is 1.68. The number of para-hydroxylation sites is 1. The van der Waals surface area contributed by atoms with Gasteiger partial charge in [0.15, 0.2) is 0 Å². The predicted octanol–water partition coefficient (Wildman–Crippen LogP) is 7.90. The first-order valence-electron chi connectivity index (χ1n) is 12.8. The quantitative estimate of drug-likeness (QED) is 0.242. The predicted molar refractivity (Wildman–Crippen MR) is 157 cm³/mol. The minimum atomic E-state index is -0.514. The van der Waals surface area contributed by atoms with Gasteiger partial charge in [-0.3, -0.25) is 9.36 Å². The van der Waals surface area contributed by atoms with Crippen LogP contribution in [0.3, 0.4) is 0 Å². The summed E-state index contributed by atoms with van der Waals surface area (Å²) < 4.78 is 1.63. The largest absolute Gasteiger partial charge is 0.322 e. The van der Waals surface area contributed by atoms with Crippen molar-refractivity contribution >= 4 is 45.8 Å². The number of nitrogens with zero attached hydrogens (tertiary/aromatic N) is 3. The molecule has 0 fully saturated rings. The van der Waals surface area contributed by atoms with Crippen molar-refractivity contribution in [2.24, 2.45) is 5.92 Å². The molecule has 0 saturated heterocycles. The Hall–Kier alpha value is -3.35. The lowest BCUT2D eigenvalue weighted by atomic mass is 10.1. The summed E-state index contributed by atoms with van der Waals surface area (Å²) in [6, 6.07) is 19.3. The average Bonchev–Trinajstić information content (AvgIpc) is 2.90. The third-order valence-corrected chi connectivity index (χ3v) is 7.36. The molecule has 1 N–H and O–H groups in total. The summed E-state index contributed by atoms with van der Waals surface area (Å²) in [5, 5.41) is 4.23. The second kappa shape index (κ2) is 12.0. The molecule has 0 aliphatic carbocycles. The van der Waals surface area contributed by atoms with Gasteiger partial charge in [0.25, 0.3) is 5.56 Å². The smallest absolute Gasteiger partial charge is 0.315 e. The van der Waals surface area contributed by atoms with Crippen molar-refractivity contribution in [1.82, 2.24) is 14.5 Å². The lowest BCUT2D eigenvalue weighted by Crippen LogP contribution is -2.40. The Labute approximate surface area is 233 Å². The Bertz CT molecular complexity index is 1500. The Balaban J connectivity index is 1.82. The van der Waals surface area contributed by atoms with E-state index in [0.717, 1.165) is 12.8 Å². The van der Waals surface area contributed by atoms with E-state index in [4.69, 9.17) is 28.2 Å². The molecule has 4 aromatic rings. The van der Waals surface area contributed by atoms with Crippen LogP contribution in [-0.4, -0.2) is 27.0 Å². The standard InChI is InChI=1S/C30H32Cl2N4O2/c1-5-21-10-13-23(14-11-21)36-28(34-27-9-7-6-8-24(27)29(36)37)20(4)35(17-16-19(2)3)30(38)33-22-12-15-25(31)26(32)18-22/h6-15,18-20H,5,16-17H2,1-4H3,(H,33,38). The number of nitrogens with one attached hydrogen (secondary N) is 1. The number of aromatic nitrogens is 2. The van der Waals surface area contributed by atoms with E-state index in [1.54, 1.807) is 33.7 Å². The topological polar surface area (TPSA) is 67.2 Å². The number of aryl methyl sites for hydroxylation is 1. The molecule has 0 spiro atoms. The Morgan fingerprint density at radius 2 is 1.71 bits per heavy atom. The third kappa shape index (κ3) is 6.03. The highest BCUT2D eigenvalue weighted by atomic mass is 35.5. The van der Waals surface area contributed by atoms with Crippen LogP contribution < -0.4 is 10.9 Å². The van der Waals surface area contributed by atoms with Crippen LogP contribution in [-0.2, 0) is 6.42 Å². The normalized spacial score (nSPS) is 12.1. The highest BCUT2D eigenvalue weighted by Crippen LogP contribution is 2.28. The monoisotopic (exact) mass is 550 g/mol. The third-order valence-electron chi connectivity index (χ3n) is 6.62. The maximum atomic E-state index is 13.8. The maximum Gasteiger partial charge on any atom is 0.322 e. The van der Waals surface area contributed by atoms with Crippen LogP contribution in [0.25, 0.3) is 16.6 Å². The van der Waals surface area contributed by atoms with Crippen LogP contribution >= 0.6 is 23.2 Å². The second-order valence-corrected chi connectivity index (χ2v) is 10.6. The number of halogens is 2. The lowest BCUT2D eigenvalue weighted by molar-refractivity contribution is 0.185. The number of carbonyl (C=O) groups is 1. The Morgan fingerprint density at radius 3 is 2.37 bits per heavy atom. The number of hydrogen-bond acceptors (Lipinski definition) is 3. The molecule has 0 aliphatic heterocycles. The van der Waals surface area contributed by atoms with Gasteiger partial charge >= 0.3 is 6.03 Å². The van der Waals surface area contributed by atoms with Crippen molar-refractivity contribution in [2.75, 3.05) is 11.9 Å². The molecule has 38 heavy (non-hydrogen) atoms. The summed E-state index contributed by atoms with van der Waals surface area (Å²) >= 11 is 12.2. The van der Waals surface area contributed by atoms with Crippen molar-refractivity contribution in [3.63, 3.8) is 0 Å². The Kier molecular flexibility index (Phi) is 8.75. The van der Waals surface area contributed by atoms with E-state index < -0.39 is 6.04 Å². The van der Waals surface area contributed by atoms with E-state index in [2.05, 4.69) is 26.1 Å². The molecular formula is C30H32Cl2N4O2. The van der Waals surface area contributed by atoms with Crippen molar-refractivity contribution < 1.29 is 4.79 Å². The molecule has 0 radical (unpaired) electrons. The van der Waals surface area contributed by atoms with E-state index >= 15 is 0 Å². The van der Waals surface area contributed by atoms with Crippen LogP contribution in [0, 0.1) is 5.92 Å². The van der Waals surface area contributed by atoms with E-state index in [1.807, 2.05) is 49.4 Å². The van der Waals surface area contributed by atoms with Gasteiger partial charge in [0, 0.05) is 12.2 Å². The molecule has 1 unspecified atom stereocenters. The number of urea groups is 1. The highest BCUT2D eigenvalue weighted by Gasteiger charge is 2.27. The summed E-state index contributed by atoms with van der Waals surface area (Å²) in [6.45, 7) is 8.69. The molecule has 0 aliphatic rings. The molecule has 4 rings (SSSR count).